The quantitative estimate of drug-likeness (QED) is 0.758. The first-order chi connectivity index (χ1) is 9.88. The average Bonchev–Trinajstić information content (AvgIpc) is 2.45. The van der Waals surface area contributed by atoms with Crippen LogP contribution in [0.1, 0.15) is 39.7 Å². The highest BCUT2D eigenvalue weighted by atomic mass is 16.5. The fourth-order valence-corrected chi connectivity index (χ4v) is 1.77. The largest absolute Gasteiger partial charge is 0.497 e. The van der Waals surface area contributed by atoms with Crippen molar-refractivity contribution in [1.82, 2.24) is 5.32 Å². The SMILES string of the molecule is COc1ccc(CNC(C)C)c(OCCC(C)(C)OC)c1. The molecule has 0 radical (unpaired) electrons. The predicted octanol–water partition coefficient (Wildman–Crippen LogP) is 3.39. The number of nitrogens with one attached hydrogen (secondary N) is 1. The number of benzene rings is 1. The van der Waals surface area contributed by atoms with E-state index in [4.69, 9.17) is 14.2 Å². The Morgan fingerprint density at radius 3 is 2.48 bits per heavy atom. The molecule has 0 unspecified atom stereocenters. The van der Waals surface area contributed by atoms with Crippen molar-refractivity contribution in [3.05, 3.63) is 23.8 Å². The van der Waals surface area contributed by atoms with Crippen molar-refractivity contribution < 1.29 is 14.2 Å². The van der Waals surface area contributed by atoms with Gasteiger partial charge in [-0.2, -0.15) is 0 Å². The van der Waals surface area contributed by atoms with E-state index in [1.165, 1.54) is 0 Å². The van der Waals surface area contributed by atoms with Crippen LogP contribution in [-0.2, 0) is 11.3 Å². The lowest BCUT2D eigenvalue weighted by Gasteiger charge is -2.23. The summed E-state index contributed by atoms with van der Waals surface area (Å²) in [5.41, 5.74) is 0.967. The van der Waals surface area contributed by atoms with E-state index in [9.17, 15) is 0 Å². The normalized spacial score (nSPS) is 11.8. The Hall–Kier alpha value is -1.26. The molecule has 1 aromatic carbocycles. The van der Waals surface area contributed by atoms with Crippen molar-refractivity contribution in [2.45, 2.75) is 52.3 Å². The van der Waals surface area contributed by atoms with Gasteiger partial charge in [0.15, 0.2) is 0 Å². The molecule has 0 atom stereocenters. The molecule has 1 rings (SSSR count). The maximum Gasteiger partial charge on any atom is 0.127 e. The minimum Gasteiger partial charge on any atom is -0.497 e. The number of methoxy groups -OCH3 is 2. The van der Waals surface area contributed by atoms with E-state index >= 15 is 0 Å². The summed E-state index contributed by atoms with van der Waals surface area (Å²) in [4.78, 5) is 0. The summed E-state index contributed by atoms with van der Waals surface area (Å²) in [5.74, 6) is 1.68. The molecule has 0 spiro atoms. The van der Waals surface area contributed by atoms with Crippen molar-refractivity contribution >= 4 is 0 Å². The first-order valence-electron chi connectivity index (χ1n) is 7.46. The summed E-state index contributed by atoms with van der Waals surface area (Å²) in [6.07, 6.45) is 0.831. The van der Waals surface area contributed by atoms with Crippen LogP contribution in [0.25, 0.3) is 0 Å². The zero-order valence-corrected chi connectivity index (χ0v) is 14.2. The third-order valence-corrected chi connectivity index (χ3v) is 3.49. The highest BCUT2D eigenvalue weighted by Crippen LogP contribution is 2.26. The van der Waals surface area contributed by atoms with Gasteiger partial charge in [-0.25, -0.2) is 0 Å². The second-order valence-corrected chi connectivity index (χ2v) is 6.07. The van der Waals surface area contributed by atoms with Crippen LogP contribution in [0, 0.1) is 0 Å². The van der Waals surface area contributed by atoms with E-state index < -0.39 is 0 Å². The molecule has 0 heterocycles. The van der Waals surface area contributed by atoms with Crippen LogP contribution < -0.4 is 14.8 Å². The number of rotatable bonds is 9. The Morgan fingerprint density at radius 2 is 1.90 bits per heavy atom. The van der Waals surface area contributed by atoms with Gasteiger partial charge in [-0.1, -0.05) is 19.9 Å². The van der Waals surface area contributed by atoms with Gasteiger partial charge < -0.3 is 19.5 Å². The molecule has 0 bridgehead atoms. The Kier molecular flexibility index (Phi) is 6.99. The van der Waals surface area contributed by atoms with Crippen LogP contribution in [0.3, 0.4) is 0 Å². The van der Waals surface area contributed by atoms with Crippen molar-refractivity contribution in [3.63, 3.8) is 0 Å². The molecule has 4 heteroatoms. The van der Waals surface area contributed by atoms with E-state index in [1.807, 2.05) is 18.2 Å². The highest BCUT2D eigenvalue weighted by molar-refractivity contribution is 5.40. The van der Waals surface area contributed by atoms with Gasteiger partial charge in [0.2, 0.25) is 0 Å². The summed E-state index contributed by atoms with van der Waals surface area (Å²) in [6, 6.07) is 6.39. The predicted molar refractivity (Wildman–Crippen MR) is 86.2 cm³/mol. The molecule has 0 aliphatic rings. The summed E-state index contributed by atoms with van der Waals surface area (Å²) in [7, 11) is 3.39. The third-order valence-electron chi connectivity index (χ3n) is 3.49. The monoisotopic (exact) mass is 295 g/mol. The van der Waals surface area contributed by atoms with Gasteiger partial charge in [-0.05, 0) is 19.9 Å². The van der Waals surface area contributed by atoms with Crippen LogP contribution in [0.4, 0.5) is 0 Å². The molecule has 1 N–H and O–H groups in total. The summed E-state index contributed by atoms with van der Waals surface area (Å²) < 4.78 is 16.6. The molecular formula is C17H29NO3. The van der Waals surface area contributed by atoms with Crippen LogP contribution >= 0.6 is 0 Å². The second kappa shape index (κ2) is 8.25. The summed E-state index contributed by atoms with van der Waals surface area (Å²) in [6.45, 7) is 9.77. The van der Waals surface area contributed by atoms with Crippen LogP contribution in [0.2, 0.25) is 0 Å². The summed E-state index contributed by atoms with van der Waals surface area (Å²) in [5, 5.41) is 3.41. The van der Waals surface area contributed by atoms with Gasteiger partial charge in [0.25, 0.3) is 0 Å². The first-order valence-corrected chi connectivity index (χ1v) is 7.46. The number of hydrogen-bond acceptors (Lipinski definition) is 4. The molecule has 0 fully saturated rings. The highest BCUT2D eigenvalue weighted by Gasteiger charge is 2.16. The van der Waals surface area contributed by atoms with E-state index in [0.717, 1.165) is 30.0 Å². The van der Waals surface area contributed by atoms with Gasteiger partial charge in [0.05, 0.1) is 19.3 Å². The minimum absolute atomic E-state index is 0.171. The number of hydrogen-bond donors (Lipinski definition) is 1. The first kappa shape index (κ1) is 17.8. The van der Waals surface area contributed by atoms with Gasteiger partial charge in [0.1, 0.15) is 11.5 Å². The molecule has 0 aliphatic heterocycles. The van der Waals surface area contributed by atoms with E-state index in [-0.39, 0.29) is 5.60 Å². The molecule has 0 amide bonds. The molecule has 0 saturated heterocycles. The average molecular weight is 295 g/mol. The lowest BCUT2D eigenvalue weighted by Crippen LogP contribution is -2.25. The Morgan fingerprint density at radius 1 is 1.19 bits per heavy atom. The molecule has 21 heavy (non-hydrogen) atoms. The van der Waals surface area contributed by atoms with Gasteiger partial charge >= 0.3 is 0 Å². The molecule has 1 aromatic rings. The zero-order chi connectivity index (χ0) is 15.9. The van der Waals surface area contributed by atoms with Crippen molar-refractivity contribution in [2.75, 3.05) is 20.8 Å². The molecule has 120 valence electrons. The molecular weight excluding hydrogens is 266 g/mol. The van der Waals surface area contributed by atoms with Gasteiger partial charge in [0, 0.05) is 37.7 Å². The molecule has 0 saturated carbocycles. The maximum atomic E-state index is 5.95. The third kappa shape index (κ3) is 6.36. The van der Waals surface area contributed by atoms with Gasteiger partial charge in [-0.15, -0.1) is 0 Å². The second-order valence-electron chi connectivity index (χ2n) is 6.07. The van der Waals surface area contributed by atoms with Gasteiger partial charge in [-0.3, -0.25) is 0 Å². The fourth-order valence-electron chi connectivity index (χ4n) is 1.77. The van der Waals surface area contributed by atoms with Crippen LogP contribution in [0.5, 0.6) is 11.5 Å². The topological polar surface area (TPSA) is 39.7 Å². The Labute approximate surface area is 128 Å². The van der Waals surface area contributed by atoms with Crippen LogP contribution in [-0.4, -0.2) is 32.5 Å². The molecule has 4 nitrogen and oxygen atoms in total. The van der Waals surface area contributed by atoms with Crippen LogP contribution in [0.15, 0.2) is 18.2 Å². The molecule has 0 aliphatic carbocycles. The lowest BCUT2D eigenvalue weighted by atomic mass is 10.1. The lowest BCUT2D eigenvalue weighted by molar-refractivity contribution is 0.00536. The zero-order valence-electron chi connectivity index (χ0n) is 14.2. The fraction of sp³-hybridized carbons (Fsp3) is 0.647. The minimum atomic E-state index is -0.171. The van der Waals surface area contributed by atoms with E-state index in [0.29, 0.717) is 12.6 Å². The summed E-state index contributed by atoms with van der Waals surface area (Å²) >= 11 is 0. The van der Waals surface area contributed by atoms with E-state index in [2.05, 4.69) is 33.0 Å². The molecule has 0 aromatic heterocycles. The number of ether oxygens (including phenoxy) is 3. The standard InChI is InChI=1S/C17H29NO3/c1-13(2)18-12-14-7-8-15(19-5)11-16(14)21-10-9-17(3,4)20-6/h7-8,11,13,18H,9-10,12H2,1-6H3. The van der Waals surface area contributed by atoms with E-state index in [1.54, 1.807) is 14.2 Å². The van der Waals surface area contributed by atoms with Crippen molar-refractivity contribution in [1.29, 1.82) is 0 Å². The smallest absolute Gasteiger partial charge is 0.127 e. The van der Waals surface area contributed by atoms with Crippen molar-refractivity contribution in [2.24, 2.45) is 0 Å². The Balaban J connectivity index is 2.72. The van der Waals surface area contributed by atoms with Crippen molar-refractivity contribution in [3.8, 4) is 11.5 Å². The maximum absolute atomic E-state index is 5.95. The Bertz CT molecular complexity index is 430.